The fourth-order valence-corrected chi connectivity index (χ4v) is 2.54. The van der Waals surface area contributed by atoms with E-state index in [1.165, 1.54) is 7.11 Å². The van der Waals surface area contributed by atoms with Crippen molar-refractivity contribution in [2.75, 3.05) is 7.11 Å². The first-order valence-corrected chi connectivity index (χ1v) is 7.11. The lowest BCUT2D eigenvalue weighted by atomic mass is 9.90. The van der Waals surface area contributed by atoms with Crippen molar-refractivity contribution in [3.8, 4) is 0 Å². The zero-order chi connectivity index (χ0) is 15.6. The Hall–Kier alpha value is -2.16. The highest BCUT2D eigenvalue weighted by molar-refractivity contribution is 6.10. The van der Waals surface area contributed by atoms with Gasteiger partial charge in [0.1, 0.15) is 0 Å². The molecule has 1 atom stereocenters. The zero-order valence-electron chi connectivity index (χ0n) is 12.8. The summed E-state index contributed by atoms with van der Waals surface area (Å²) < 4.78 is 4.83. The van der Waals surface area contributed by atoms with E-state index in [1.807, 2.05) is 57.2 Å². The monoisotopic (exact) mass is 284 g/mol. The van der Waals surface area contributed by atoms with Crippen molar-refractivity contribution in [3.05, 3.63) is 47.5 Å². The molecular formula is C18H20O3. The third kappa shape index (κ3) is 2.82. The topological polar surface area (TPSA) is 43.4 Å². The number of fused-ring (bicyclic) bond motifs is 1. The minimum atomic E-state index is -0.358. The van der Waals surface area contributed by atoms with Crippen LogP contribution in [0.5, 0.6) is 0 Å². The van der Waals surface area contributed by atoms with Crippen LogP contribution < -0.4 is 0 Å². The molecule has 21 heavy (non-hydrogen) atoms. The Labute approximate surface area is 124 Å². The lowest BCUT2D eigenvalue weighted by Gasteiger charge is -2.15. The van der Waals surface area contributed by atoms with Gasteiger partial charge in [0, 0.05) is 11.5 Å². The maximum absolute atomic E-state index is 12.3. The maximum atomic E-state index is 12.3. The van der Waals surface area contributed by atoms with Crippen LogP contribution in [0.25, 0.3) is 10.8 Å². The molecule has 2 rings (SSSR count). The van der Waals surface area contributed by atoms with Crippen LogP contribution in [0.1, 0.15) is 42.6 Å². The largest absolute Gasteiger partial charge is 0.469 e. The third-order valence-electron chi connectivity index (χ3n) is 3.77. The highest BCUT2D eigenvalue weighted by Crippen LogP contribution is 2.29. The maximum Gasteiger partial charge on any atom is 0.312 e. The molecule has 0 aliphatic rings. The summed E-state index contributed by atoms with van der Waals surface area (Å²) in [6, 6.07) is 11.4. The summed E-state index contributed by atoms with van der Waals surface area (Å²) >= 11 is 0. The summed E-state index contributed by atoms with van der Waals surface area (Å²) in [5, 5.41) is 1.83. The highest BCUT2D eigenvalue weighted by Gasteiger charge is 2.20. The molecule has 0 aliphatic carbocycles. The number of esters is 1. The standard InChI is InChI=1S/C18H20O3/c1-11(2)17(19)16-10-6-8-14-13(7-5-9-15(14)16)12(3)18(20)21-4/h5-12H,1-4H3. The Bertz CT molecular complexity index is 686. The van der Waals surface area contributed by atoms with Crippen molar-refractivity contribution in [2.24, 2.45) is 5.92 Å². The molecule has 0 amide bonds. The van der Waals surface area contributed by atoms with Gasteiger partial charge in [0.05, 0.1) is 13.0 Å². The molecule has 0 saturated heterocycles. The molecule has 0 bridgehead atoms. The molecule has 0 spiro atoms. The van der Waals surface area contributed by atoms with Crippen LogP contribution in [-0.4, -0.2) is 18.9 Å². The number of hydrogen-bond acceptors (Lipinski definition) is 3. The molecule has 3 heteroatoms. The molecule has 0 saturated carbocycles. The number of ketones is 1. The Morgan fingerprint density at radius 2 is 1.57 bits per heavy atom. The van der Waals surface area contributed by atoms with E-state index in [4.69, 9.17) is 4.74 Å². The Morgan fingerprint density at radius 3 is 2.19 bits per heavy atom. The number of Topliss-reactive ketones (excluding diaryl/α,β-unsaturated/α-hetero) is 1. The molecule has 110 valence electrons. The van der Waals surface area contributed by atoms with Crippen molar-refractivity contribution in [3.63, 3.8) is 0 Å². The van der Waals surface area contributed by atoms with E-state index in [2.05, 4.69) is 0 Å². The van der Waals surface area contributed by atoms with E-state index < -0.39 is 0 Å². The first-order chi connectivity index (χ1) is 9.97. The van der Waals surface area contributed by atoms with Gasteiger partial charge in [-0.05, 0) is 23.3 Å². The molecule has 3 nitrogen and oxygen atoms in total. The van der Waals surface area contributed by atoms with Gasteiger partial charge < -0.3 is 4.74 Å². The van der Waals surface area contributed by atoms with Crippen molar-refractivity contribution in [1.29, 1.82) is 0 Å². The van der Waals surface area contributed by atoms with Crippen molar-refractivity contribution in [1.82, 2.24) is 0 Å². The number of rotatable bonds is 4. The molecular weight excluding hydrogens is 264 g/mol. The van der Waals surface area contributed by atoms with Crippen LogP contribution in [0.3, 0.4) is 0 Å². The quantitative estimate of drug-likeness (QED) is 0.630. The lowest BCUT2D eigenvalue weighted by molar-refractivity contribution is -0.141. The Balaban J connectivity index is 2.64. The SMILES string of the molecule is COC(=O)C(C)c1cccc2c(C(=O)C(C)C)cccc12. The van der Waals surface area contributed by atoms with Crippen LogP contribution in [0.15, 0.2) is 36.4 Å². The van der Waals surface area contributed by atoms with Gasteiger partial charge in [0.25, 0.3) is 0 Å². The third-order valence-corrected chi connectivity index (χ3v) is 3.77. The fourth-order valence-electron chi connectivity index (χ4n) is 2.54. The number of hydrogen-bond donors (Lipinski definition) is 0. The molecule has 0 N–H and O–H groups in total. The van der Waals surface area contributed by atoms with E-state index in [-0.39, 0.29) is 23.6 Å². The minimum absolute atomic E-state index is 0.0581. The minimum Gasteiger partial charge on any atom is -0.469 e. The molecule has 0 heterocycles. The fraction of sp³-hybridized carbons (Fsp3) is 0.333. The summed E-state index contributed by atoms with van der Waals surface area (Å²) in [6.07, 6.45) is 0. The van der Waals surface area contributed by atoms with Gasteiger partial charge in [-0.15, -0.1) is 0 Å². The van der Waals surface area contributed by atoms with E-state index in [9.17, 15) is 9.59 Å². The number of carbonyl (C=O) groups is 2. The molecule has 1 unspecified atom stereocenters. The van der Waals surface area contributed by atoms with Crippen LogP contribution in [0, 0.1) is 5.92 Å². The van der Waals surface area contributed by atoms with Gasteiger partial charge in [0.2, 0.25) is 0 Å². The second kappa shape index (κ2) is 6.08. The average molecular weight is 284 g/mol. The molecule has 0 aromatic heterocycles. The van der Waals surface area contributed by atoms with Crippen LogP contribution in [-0.2, 0) is 9.53 Å². The average Bonchev–Trinajstić information content (AvgIpc) is 2.51. The van der Waals surface area contributed by atoms with Gasteiger partial charge in [-0.3, -0.25) is 9.59 Å². The van der Waals surface area contributed by atoms with Gasteiger partial charge >= 0.3 is 5.97 Å². The van der Waals surface area contributed by atoms with E-state index in [1.54, 1.807) is 0 Å². The normalized spacial score (nSPS) is 12.4. The molecule has 2 aromatic carbocycles. The zero-order valence-corrected chi connectivity index (χ0v) is 12.8. The van der Waals surface area contributed by atoms with Crippen molar-refractivity contribution < 1.29 is 14.3 Å². The second-order valence-corrected chi connectivity index (χ2v) is 5.51. The van der Waals surface area contributed by atoms with Crippen molar-refractivity contribution >= 4 is 22.5 Å². The summed E-state index contributed by atoms with van der Waals surface area (Å²) in [5.74, 6) is -0.577. The lowest BCUT2D eigenvalue weighted by Crippen LogP contribution is -2.12. The van der Waals surface area contributed by atoms with E-state index in [0.29, 0.717) is 5.56 Å². The predicted octanol–water partition coefficient (Wildman–Crippen LogP) is 3.96. The number of carbonyl (C=O) groups excluding carboxylic acids is 2. The first-order valence-electron chi connectivity index (χ1n) is 7.11. The highest BCUT2D eigenvalue weighted by atomic mass is 16.5. The first kappa shape index (κ1) is 15.2. The van der Waals surface area contributed by atoms with Gasteiger partial charge in [-0.25, -0.2) is 0 Å². The van der Waals surface area contributed by atoms with Crippen LogP contribution in [0.2, 0.25) is 0 Å². The van der Waals surface area contributed by atoms with Gasteiger partial charge in [-0.2, -0.15) is 0 Å². The molecule has 0 radical (unpaired) electrons. The second-order valence-electron chi connectivity index (χ2n) is 5.51. The van der Waals surface area contributed by atoms with E-state index >= 15 is 0 Å². The molecule has 2 aromatic rings. The summed E-state index contributed by atoms with van der Waals surface area (Å²) in [7, 11) is 1.39. The van der Waals surface area contributed by atoms with Crippen LogP contribution in [0.4, 0.5) is 0 Å². The Morgan fingerprint density at radius 1 is 0.952 bits per heavy atom. The van der Waals surface area contributed by atoms with E-state index in [0.717, 1.165) is 16.3 Å². The van der Waals surface area contributed by atoms with Crippen molar-refractivity contribution in [2.45, 2.75) is 26.7 Å². The number of benzene rings is 2. The summed E-state index contributed by atoms with van der Waals surface area (Å²) in [6.45, 7) is 5.60. The number of methoxy groups -OCH3 is 1. The summed E-state index contributed by atoms with van der Waals surface area (Å²) in [5.41, 5.74) is 1.60. The van der Waals surface area contributed by atoms with Crippen LogP contribution >= 0.6 is 0 Å². The van der Waals surface area contributed by atoms with Gasteiger partial charge in [-0.1, -0.05) is 50.2 Å². The molecule has 0 fully saturated rings. The molecule has 0 aliphatic heterocycles. The predicted molar refractivity (Wildman–Crippen MR) is 83.5 cm³/mol. The summed E-state index contributed by atoms with van der Waals surface area (Å²) in [4.78, 5) is 24.1. The van der Waals surface area contributed by atoms with Gasteiger partial charge in [0.15, 0.2) is 5.78 Å². The smallest absolute Gasteiger partial charge is 0.312 e. The Kier molecular flexibility index (Phi) is 4.41. The number of ether oxygens (including phenoxy) is 1.